The predicted octanol–water partition coefficient (Wildman–Crippen LogP) is 3.43. The number of aromatic amines is 1. The second-order valence-electron chi connectivity index (χ2n) is 4.82. The van der Waals surface area contributed by atoms with Gasteiger partial charge in [0.2, 0.25) is 0 Å². The molecule has 0 saturated carbocycles. The fourth-order valence-electron chi connectivity index (χ4n) is 2.18. The van der Waals surface area contributed by atoms with Gasteiger partial charge in [0.1, 0.15) is 0 Å². The Kier molecular flexibility index (Phi) is 3.87. The Balaban J connectivity index is 2.04. The number of nitrogens with one attached hydrogen (secondary N) is 2. The molecule has 0 bridgehead atoms. The molecule has 0 aliphatic rings. The highest BCUT2D eigenvalue weighted by atomic mass is 79.9. The topological polar surface area (TPSA) is 99.3 Å². The van der Waals surface area contributed by atoms with E-state index < -0.39 is 16.0 Å². The van der Waals surface area contributed by atoms with E-state index in [2.05, 4.69) is 25.6 Å². The molecule has 3 aromatic rings. The fraction of sp³-hybridized carbons (Fsp3) is 0. The van der Waals surface area contributed by atoms with Gasteiger partial charge in [0.05, 0.1) is 11.3 Å². The molecule has 0 unspecified atom stereocenters. The van der Waals surface area contributed by atoms with Crippen LogP contribution in [0.5, 0.6) is 0 Å². The molecule has 23 heavy (non-hydrogen) atoms. The third kappa shape index (κ3) is 3.08. The molecule has 3 rings (SSSR count). The van der Waals surface area contributed by atoms with Gasteiger partial charge in [-0.25, -0.2) is 4.79 Å². The average molecular weight is 395 g/mol. The van der Waals surface area contributed by atoms with E-state index in [0.29, 0.717) is 9.99 Å². The largest absolute Gasteiger partial charge is 0.478 e. The molecule has 0 fully saturated rings. The van der Waals surface area contributed by atoms with Crippen LogP contribution in [0.15, 0.2) is 58.0 Å². The van der Waals surface area contributed by atoms with Gasteiger partial charge in [0, 0.05) is 15.4 Å². The van der Waals surface area contributed by atoms with Crippen molar-refractivity contribution in [3.05, 3.63) is 58.6 Å². The van der Waals surface area contributed by atoms with Crippen molar-refractivity contribution in [3.8, 4) is 0 Å². The van der Waals surface area contributed by atoms with Crippen molar-refractivity contribution in [3.63, 3.8) is 0 Å². The molecule has 1 aromatic heterocycles. The Morgan fingerprint density at radius 1 is 1.13 bits per heavy atom. The maximum atomic E-state index is 12.5. The highest BCUT2D eigenvalue weighted by Gasteiger charge is 2.20. The lowest BCUT2D eigenvalue weighted by Gasteiger charge is -2.10. The number of hydrogen-bond acceptors (Lipinski definition) is 3. The lowest BCUT2D eigenvalue weighted by molar-refractivity contribution is 0.0698. The zero-order valence-corrected chi connectivity index (χ0v) is 14.0. The van der Waals surface area contributed by atoms with Gasteiger partial charge in [-0.2, -0.15) is 8.42 Å². The number of anilines is 1. The predicted molar refractivity (Wildman–Crippen MR) is 90.2 cm³/mol. The lowest BCUT2D eigenvalue weighted by Crippen LogP contribution is -2.16. The first-order chi connectivity index (χ1) is 10.9. The molecule has 6 nitrogen and oxygen atoms in total. The van der Waals surface area contributed by atoms with Gasteiger partial charge >= 0.3 is 5.97 Å². The first-order valence-corrected chi connectivity index (χ1v) is 8.78. The molecule has 118 valence electrons. The van der Waals surface area contributed by atoms with E-state index in [0.717, 1.165) is 5.39 Å². The smallest absolute Gasteiger partial charge is 0.337 e. The second-order valence-corrected chi connectivity index (χ2v) is 7.39. The molecule has 2 aromatic carbocycles. The third-order valence-corrected chi connectivity index (χ3v) is 5.03. The highest BCUT2D eigenvalue weighted by molar-refractivity contribution is 9.10. The van der Waals surface area contributed by atoms with Crippen LogP contribution in [0.25, 0.3) is 10.9 Å². The van der Waals surface area contributed by atoms with Crippen molar-refractivity contribution in [1.82, 2.24) is 4.98 Å². The van der Waals surface area contributed by atoms with Crippen LogP contribution >= 0.6 is 15.9 Å². The average Bonchev–Trinajstić information content (AvgIpc) is 2.91. The van der Waals surface area contributed by atoms with Gasteiger partial charge < -0.3 is 10.1 Å². The molecule has 8 heteroatoms. The quantitative estimate of drug-likeness (QED) is 0.630. The Morgan fingerprint density at radius 3 is 2.57 bits per heavy atom. The molecule has 0 aliphatic heterocycles. The van der Waals surface area contributed by atoms with Gasteiger partial charge in [-0.1, -0.05) is 34.1 Å². The number of benzene rings is 2. The summed E-state index contributed by atoms with van der Waals surface area (Å²) in [6.07, 6.45) is 0. The zero-order chi connectivity index (χ0) is 16.6. The van der Waals surface area contributed by atoms with Crippen LogP contribution in [0.4, 0.5) is 5.69 Å². The van der Waals surface area contributed by atoms with Crippen LogP contribution in [-0.2, 0) is 10.0 Å². The maximum absolute atomic E-state index is 12.5. The summed E-state index contributed by atoms with van der Waals surface area (Å²) >= 11 is 3.20. The SMILES string of the molecule is O=C(O)c1ccc(Br)cc1NS(=O)(=O)c1cc2ccccc2[nH]1. The molecule has 0 spiro atoms. The van der Waals surface area contributed by atoms with E-state index in [4.69, 9.17) is 0 Å². The first-order valence-electron chi connectivity index (χ1n) is 6.50. The number of fused-ring (bicyclic) bond motifs is 1. The van der Waals surface area contributed by atoms with Crippen LogP contribution in [0, 0.1) is 0 Å². The van der Waals surface area contributed by atoms with Crippen LogP contribution in [-0.4, -0.2) is 24.5 Å². The van der Waals surface area contributed by atoms with Crippen molar-refractivity contribution >= 4 is 48.5 Å². The number of hydrogen-bond donors (Lipinski definition) is 3. The molecular weight excluding hydrogens is 384 g/mol. The molecule has 3 N–H and O–H groups in total. The number of carboxylic acids is 1. The van der Waals surface area contributed by atoms with Gasteiger partial charge in [-0.15, -0.1) is 0 Å². The van der Waals surface area contributed by atoms with E-state index in [1.165, 1.54) is 24.3 Å². The molecule has 0 atom stereocenters. The number of halogens is 1. The summed E-state index contributed by atoms with van der Waals surface area (Å²) in [7, 11) is -3.94. The number of sulfonamides is 1. The van der Waals surface area contributed by atoms with E-state index >= 15 is 0 Å². The summed E-state index contributed by atoms with van der Waals surface area (Å²) < 4.78 is 27.9. The number of aromatic nitrogens is 1. The number of H-pyrrole nitrogens is 1. The van der Waals surface area contributed by atoms with Crippen molar-refractivity contribution < 1.29 is 18.3 Å². The van der Waals surface area contributed by atoms with Crippen LogP contribution in [0.3, 0.4) is 0 Å². The number of carboxylic acid groups (broad SMARTS) is 1. The van der Waals surface area contributed by atoms with Crippen molar-refractivity contribution in [2.75, 3.05) is 4.72 Å². The molecule has 1 heterocycles. The van der Waals surface area contributed by atoms with Gasteiger partial charge in [0.25, 0.3) is 10.0 Å². The minimum absolute atomic E-state index is 0.00877. The van der Waals surface area contributed by atoms with E-state index in [1.807, 2.05) is 0 Å². The highest BCUT2D eigenvalue weighted by Crippen LogP contribution is 2.25. The number of aromatic carboxylic acids is 1. The minimum Gasteiger partial charge on any atom is -0.478 e. The van der Waals surface area contributed by atoms with Crippen molar-refractivity contribution in [2.45, 2.75) is 5.03 Å². The number of para-hydroxylation sites is 1. The van der Waals surface area contributed by atoms with Crippen LogP contribution in [0.1, 0.15) is 10.4 Å². The molecule has 0 saturated heterocycles. The third-order valence-electron chi connectivity index (χ3n) is 3.25. The summed E-state index contributed by atoms with van der Waals surface area (Å²) in [6, 6.07) is 12.9. The Bertz CT molecular complexity index is 978. The maximum Gasteiger partial charge on any atom is 0.337 e. The standard InChI is InChI=1S/C15H11BrN2O4S/c16-10-5-6-11(15(19)20)13(8-10)18-23(21,22)14-7-9-3-1-2-4-12(9)17-14/h1-8,17-18H,(H,19,20). The Hall–Kier alpha value is -2.32. The molecule has 0 amide bonds. The Morgan fingerprint density at radius 2 is 1.87 bits per heavy atom. The summed E-state index contributed by atoms with van der Waals surface area (Å²) in [5.74, 6) is -1.22. The fourth-order valence-corrected chi connectivity index (χ4v) is 3.63. The first kappa shape index (κ1) is 15.6. The number of carbonyl (C=O) groups is 1. The monoisotopic (exact) mass is 394 g/mol. The summed E-state index contributed by atoms with van der Waals surface area (Å²) in [4.78, 5) is 14.0. The van der Waals surface area contributed by atoms with Crippen molar-refractivity contribution in [2.24, 2.45) is 0 Å². The van der Waals surface area contributed by atoms with Gasteiger partial charge in [0.15, 0.2) is 5.03 Å². The normalized spacial score (nSPS) is 11.5. The molecular formula is C15H11BrN2O4S. The zero-order valence-electron chi connectivity index (χ0n) is 11.6. The van der Waals surface area contributed by atoms with E-state index in [-0.39, 0.29) is 16.3 Å². The lowest BCUT2D eigenvalue weighted by atomic mass is 10.2. The van der Waals surface area contributed by atoms with E-state index in [1.54, 1.807) is 24.3 Å². The second kappa shape index (κ2) is 5.71. The van der Waals surface area contributed by atoms with Gasteiger partial charge in [-0.3, -0.25) is 4.72 Å². The Labute approximate surface area is 140 Å². The van der Waals surface area contributed by atoms with Crippen LogP contribution in [0.2, 0.25) is 0 Å². The minimum atomic E-state index is -3.94. The summed E-state index contributed by atoms with van der Waals surface area (Å²) in [5.41, 5.74) is 0.541. The van der Waals surface area contributed by atoms with Crippen molar-refractivity contribution in [1.29, 1.82) is 0 Å². The van der Waals surface area contributed by atoms with E-state index in [9.17, 15) is 18.3 Å². The summed E-state index contributed by atoms with van der Waals surface area (Å²) in [5, 5.41) is 9.90. The number of rotatable bonds is 4. The molecule has 0 aliphatic carbocycles. The summed E-state index contributed by atoms with van der Waals surface area (Å²) in [6.45, 7) is 0. The van der Waals surface area contributed by atoms with Crippen LogP contribution < -0.4 is 4.72 Å². The molecule has 0 radical (unpaired) electrons. The van der Waals surface area contributed by atoms with Gasteiger partial charge in [-0.05, 0) is 30.3 Å².